The Labute approximate surface area is 194 Å². The number of ether oxygens (including phenoxy) is 1. The van der Waals surface area contributed by atoms with Crippen LogP contribution in [0, 0.1) is 0 Å². The van der Waals surface area contributed by atoms with E-state index in [9.17, 15) is 4.79 Å². The first-order valence-corrected chi connectivity index (χ1v) is 11.6. The van der Waals surface area contributed by atoms with Crippen molar-refractivity contribution in [2.24, 2.45) is 0 Å². The smallest absolute Gasteiger partial charge is 0.410 e. The molecule has 1 aliphatic heterocycles. The second-order valence-electron chi connectivity index (χ2n) is 9.34. The van der Waals surface area contributed by atoms with Crippen molar-refractivity contribution >= 4 is 34.7 Å². The SMILES string of the molecule is CC(C)(C)OC(=O)N1CCCC[C@@H]1CNc1nc2ccccc2n1Cc1cccc(Cl)c1. The average Bonchev–Trinajstić information content (AvgIpc) is 3.09. The lowest BCUT2D eigenvalue weighted by Gasteiger charge is -2.36. The second-order valence-corrected chi connectivity index (χ2v) is 9.78. The summed E-state index contributed by atoms with van der Waals surface area (Å²) in [6.07, 6.45) is 2.81. The highest BCUT2D eigenvalue weighted by molar-refractivity contribution is 6.30. The molecule has 1 amide bonds. The van der Waals surface area contributed by atoms with Crippen LogP contribution in [0.1, 0.15) is 45.6 Å². The number of nitrogens with zero attached hydrogens (tertiary/aromatic N) is 3. The van der Waals surface area contributed by atoms with E-state index in [1.54, 1.807) is 0 Å². The number of hydrogen-bond acceptors (Lipinski definition) is 4. The van der Waals surface area contributed by atoms with E-state index in [0.717, 1.165) is 53.4 Å². The van der Waals surface area contributed by atoms with Crippen LogP contribution in [0.5, 0.6) is 0 Å². The van der Waals surface area contributed by atoms with Gasteiger partial charge in [0.2, 0.25) is 5.95 Å². The largest absolute Gasteiger partial charge is 0.444 e. The number of piperidine rings is 1. The third kappa shape index (κ3) is 5.36. The molecule has 0 radical (unpaired) electrons. The molecule has 1 N–H and O–H groups in total. The van der Waals surface area contributed by atoms with Crippen LogP contribution in [0.3, 0.4) is 0 Å². The molecule has 6 nitrogen and oxygen atoms in total. The summed E-state index contributed by atoms with van der Waals surface area (Å²) in [5, 5.41) is 4.24. The Balaban J connectivity index is 1.55. The fraction of sp³-hybridized carbons (Fsp3) is 0.440. The van der Waals surface area contributed by atoms with E-state index >= 15 is 0 Å². The summed E-state index contributed by atoms with van der Waals surface area (Å²) in [5.41, 5.74) is 2.60. The summed E-state index contributed by atoms with van der Waals surface area (Å²) in [5.74, 6) is 0.792. The molecule has 1 aromatic heterocycles. The number of para-hydroxylation sites is 2. The number of hydrogen-bond donors (Lipinski definition) is 1. The van der Waals surface area contributed by atoms with Crippen LogP contribution in [0.25, 0.3) is 11.0 Å². The summed E-state index contributed by atoms with van der Waals surface area (Å²) < 4.78 is 7.82. The fourth-order valence-electron chi connectivity index (χ4n) is 4.17. The van der Waals surface area contributed by atoms with E-state index in [1.165, 1.54) is 0 Å². The lowest BCUT2D eigenvalue weighted by atomic mass is 10.0. The van der Waals surface area contributed by atoms with Crippen molar-refractivity contribution in [1.82, 2.24) is 14.5 Å². The molecule has 0 spiro atoms. The van der Waals surface area contributed by atoms with Crippen LogP contribution in [-0.4, -0.2) is 45.3 Å². The summed E-state index contributed by atoms with van der Waals surface area (Å²) in [7, 11) is 0. The Bertz CT molecular complexity index is 1090. The van der Waals surface area contributed by atoms with Gasteiger partial charge in [-0.15, -0.1) is 0 Å². The van der Waals surface area contributed by atoms with E-state index in [1.807, 2.05) is 62.1 Å². The Morgan fingerprint density at radius 1 is 1.19 bits per heavy atom. The molecule has 0 saturated carbocycles. The lowest BCUT2D eigenvalue weighted by molar-refractivity contribution is 0.0114. The zero-order chi connectivity index (χ0) is 22.7. The van der Waals surface area contributed by atoms with Gasteiger partial charge in [-0.25, -0.2) is 9.78 Å². The van der Waals surface area contributed by atoms with Gasteiger partial charge in [0.25, 0.3) is 0 Å². The zero-order valence-corrected chi connectivity index (χ0v) is 19.7. The number of benzene rings is 2. The Morgan fingerprint density at radius 3 is 2.78 bits per heavy atom. The van der Waals surface area contributed by atoms with Crippen molar-refractivity contribution < 1.29 is 9.53 Å². The first-order chi connectivity index (χ1) is 15.3. The minimum atomic E-state index is -0.503. The number of carbonyl (C=O) groups is 1. The van der Waals surface area contributed by atoms with Gasteiger partial charge < -0.3 is 19.5 Å². The number of likely N-dealkylation sites (tertiary alicyclic amines) is 1. The Hall–Kier alpha value is -2.73. The number of nitrogens with one attached hydrogen (secondary N) is 1. The highest BCUT2D eigenvalue weighted by atomic mass is 35.5. The van der Waals surface area contributed by atoms with Crippen LogP contribution in [-0.2, 0) is 11.3 Å². The number of fused-ring (bicyclic) bond motifs is 1. The van der Waals surface area contributed by atoms with Gasteiger partial charge in [0.05, 0.1) is 23.6 Å². The van der Waals surface area contributed by atoms with Gasteiger partial charge in [-0.3, -0.25) is 0 Å². The maximum absolute atomic E-state index is 12.8. The highest BCUT2D eigenvalue weighted by Gasteiger charge is 2.30. The summed E-state index contributed by atoms with van der Waals surface area (Å²) in [6.45, 7) is 7.71. The van der Waals surface area contributed by atoms with Crippen molar-refractivity contribution in [3.8, 4) is 0 Å². The molecule has 2 aromatic carbocycles. The number of halogens is 1. The number of imidazole rings is 1. The van der Waals surface area contributed by atoms with Crippen LogP contribution < -0.4 is 5.32 Å². The molecule has 1 atom stereocenters. The van der Waals surface area contributed by atoms with E-state index in [-0.39, 0.29) is 12.1 Å². The van der Waals surface area contributed by atoms with E-state index in [2.05, 4.69) is 22.0 Å². The molecule has 1 fully saturated rings. The van der Waals surface area contributed by atoms with E-state index in [4.69, 9.17) is 21.3 Å². The van der Waals surface area contributed by atoms with Gasteiger partial charge in [-0.2, -0.15) is 0 Å². The summed E-state index contributed by atoms with van der Waals surface area (Å²) in [4.78, 5) is 19.5. The van der Waals surface area contributed by atoms with Crippen LogP contribution in [0.4, 0.5) is 10.7 Å². The van der Waals surface area contributed by atoms with E-state index in [0.29, 0.717) is 13.1 Å². The van der Waals surface area contributed by atoms with Crippen molar-refractivity contribution in [2.75, 3.05) is 18.4 Å². The van der Waals surface area contributed by atoms with E-state index < -0.39 is 5.60 Å². The topological polar surface area (TPSA) is 59.4 Å². The van der Waals surface area contributed by atoms with Gasteiger partial charge in [0.15, 0.2) is 0 Å². The maximum Gasteiger partial charge on any atom is 0.410 e. The standard InChI is InChI=1S/C25H31ClN4O2/c1-25(2,3)32-24(31)29-14-7-6-11-20(29)16-27-23-28-21-12-4-5-13-22(21)30(23)17-18-9-8-10-19(26)15-18/h4-5,8-10,12-13,15,20H,6-7,11,14,16-17H2,1-3H3,(H,27,28)/t20-/m1/s1. The van der Waals surface area contributed by atoms with Crippen molar-refractivity contribution in [3.05, 3.63) is 59.1 Å². The first-order valence-electron chi connectivity index (χ1n) is 11.2. The predicted molar refractivity (Wildman–Crippen MR) is 129 cm³/mol. The van der Waals surface area contributed by atoms with Crippen molar-refractivity contribution in [2.45, 2.75) is 58.2 Å². The van der Waals surface area contributed by atoms with Crippen molar-refractivity contribution in [1.29, 1.82) is 0 Å². The molecule has 4 rings (SSSR count). The van der Waals surface area contributed by atoms with Crippen LogP contribution in [0.15, 0.2) is 48.5 Å². The Kier molecular flexibility index (Phi) is 6.60. The minimum Gasteiger partial charge on any atom is -0.444 e. The number of aromatic nitrogens is 2. The van der Waals surface area contributed by atoms with Gasteiger partial charge >= 0.3 is 6.09 Å². The molecule has 32 heavy (non-hydrogen) atoms. The quantitative estimate of drug-likeness (QED) is 0.518. The van der Waals surface area contributed by atoms with Crippen molar-refractivity contribution in [3.63, 3.8) is 0 Å². The van der Waals surface area contributed by atoms with Gasteiger partial charge in [-0.05, 0) is 69.9 Å². The number of anilines is 1. The first kappa shape index (κ1) is 22.5. The molecule has 170 valence electrons. The lowest BCUT2D eigenvalue weighted by Crippen LogP contribution is -2.49. The third-order valence-electron chi connectivity index (χ3n) is 5.64. The van der Waals surface area contributed by atoms with Gasteiger partial charge in [-0.1, -0.05) is 35.9 Å². The third-order valence-corrected chi connectivity index (χ3v) is 5.87. The summed E-state index contributed by atoms with van der Waals surface area (Å²) in [6, 6.07) is 16.1. The molecule has 3 aromatic rings. The molecular formula is C25H31ClN4O2. The molecular weight excluding hydrogens is 424 g/mol. The second kappa shape index (κ2) is 9.41. The average molecular weight is 455 g/mol. The molecule has 0 unspecified atom stereocenters. The molecule has 0 aliphatic carbocycles. The van der Waals surface area contributed by atoms with Crippen LogP contribution in [0.2, 0.25) is 5.02 Å². The zero-order valence-electron chi connectivity index (χ0n) is 19.0. The normalized spacial score (nSPS) is 16.9. The molecule has 2 heterocycles. The monoisotopic (exact) mass is 454 g/mol. The molecule has 1 saturated heterocycles. The Morgan fingerprint density at radius 2 is 2.00 bits per heavy atom. The molecule has 0 bridgehead atoms. The number of carbonyl (C=O) groups excluding carboxylic acids is 1. The van der Waals surface area contributed by atoms with Gasteiger partial charge in [0.1, 0.15) is 5.60 Å². The summed E-state index contributed by atoms with van der Waals surface area (Å²) >= 11 is 6.21. The number of rotatable bonds is 5. The highest BCUT2D eigenvalue weighted by Crippen LogP contribution is 2.24. The fourth-order valence-corrected chi connectivity index (χ4v) is 4.38. The molecule has 1 aliphatic rings. The predicted octanol–water partition coefficient (Wildman–Crippen LogP) is 5.94. The number of amides is 1. The minimum absolute atomic E-state index is 0.0676. The maximum atomic E-state index is 12.8. The molecule has 7 heteroatoms. The van der Waals surface area contributed by atoms with Gasteiger partial charge in [0, 0.05) is 18.1 Å². The van der Waals surface area contributed by atoms with Crippen LogP contribution >= 0.6 is 11.6 Å².